The lowest BCUT2D eigenvalue weighted by atomic mass is 9.43. The predicted molar refractivity (Wildman–Crippen MR) is 102 cm³/mol. The standard InChI is InChI=1S/C23H30O5/c1-5-22(27)10-9-20(3)13(12-22)11-15(24)16-14(20)7-8-21(4)17(16)18(25)19(26)23(21,28)6-2/h1-2,13-18,24-25,27-28H,7-12H2,3-4H3/t13-,14?,15?,16?,17?,18?,20+,21+,22+,23+/m1/s1. The van der Waals surface area contributed by atoms with Gasteiger partial charge in [-0.25, -0.2) is 0 Å². The molecule has 0 bridgehead atoms. The molecule has 0 aliphatic heterocycles. The highest BCUT2D eigenvalue weighted by atomic mass is 16.3. The first kappa shape index (κ1) is 19.9. The maximum absolute atomic E-state index is 12.7. The highest BCUT2D eigenvalue weighted by molar-refractivity contribution is 5.98. The Morgan fingerprint density at radius 1 is 1.07 bits per heavy atom. The molecule has 0 aromatic heterocycles. The van der Waals surface area contributed by atoms with E-state index in [0.29, 0.717) is 32.1 Å². The molecule has 5 unspecified atom stereocenters. The van der Waals surface area contributed by atoms with E-state index in [1.165, 1.54) is 0 Å². The van der Waals surface area contributed by atoms with Crippen molar-refractivity contribution < 1.29 is 25.2 Å². The van der Waals surface area contributed by atoms with Crippen molar-refractivity contribution in [2.45, 2.75) is 75.8 Å². The number of rotatable bonds is 0. The van der Waals surface area contributed by atoms with Crippen molar-refractivity contribution >= 4 is 5.78 Å². The molecular weight excluding hydrogens is 356 g/mol. The highest BCUT2D eigenvalue weighted by Gasteiger charge is 2.72. The van der Waals surface area contributed by atoms with E-state index in [9.17, 15) is 25.2 Å². The van der Waals surface area contributed by atoms with Crippen LogP contribution in [0.3, 0.4) is 0 Å². The van der Waals surface area contributed by atoms with Crippen LogP contribution in [-0.4, -0.2) is 49.6 Å². The number of aliphatic hydroxyl groups excluding tert-OH is 2. The minimum atomic E-state index is -2.00. The molecule has 0 aromatic carbocycles. The summed E-state index contributed by atoms with van der Waals surface area (Å²) >= 11 is 0. The number of fused-ring (bicyclic) bond motifs is 5. The molecule has 4 fully saturated rings. The van der Waals surface area contributed by atoms with Gasteiger partial charge in [-0.2, -0.15) is 0 Å². The lowest BCUT2D eigenvalue weighted by Gasteiger charge is -2.62. The summed E-state index contributed by atoms with van der Waals surface area (Å²) in [5.74, 6) is 3.32. The van der Waals surface area contributed by atoms with Gasteiger partial charge in [-0.1, -0.05) is 25.7 Å². The molecule has 4 rings (SSSR count). The number of aliphatic hydroxyl groups is 4. The molecule has 0 saturated heterocycles. The van der Waals surface area contributed by atoms with Crippen molar-refractivity contribution in [1.82, 2.24) is 0 Å². The number of hydrogen-bond acceptors (Lipinski definition) is 5. The van der Waals surface area contributed by atoms with Crippen LogP contribution in [0, 0.1) is 59.2 Å². The normalized spacial score (nSPS) is 58.1. The monoisotopic (exact) mass is 386 g/mol. The van der Waals surface area contributed by atoms with Gasteiger partial charge in [-0.3, -0.25) is 4.79 Å². The second kappa shape index (κ2) is 5.83. The van der Waals surface area contributed by atoms with Gasteiger partial charge >= 0.3 is 0 Å². The molecule has 4 aliphatic rings. The topological polar surface area (TPSA) is 98.0 Å². The zero-order valence-electron chi connectivity index (χ0n) is 16.6. The molecule has 28 heavy (non-hydrogen) atoms. The third-order valence-corrected chi connectivity index (χ3v) is 9.27. The quantitative estimate of drug-likeness (QED) is 0.464. The second-order valence-corrected chi connectivity index (χ2v) is 10.2. The van der Waals surface area contributed by atoms with E-state index in [2.05, 4.69) is 18.8 Å². The number of hydrogen-bond donors (Lipinski definition) is 4. The Kier molecular flexibility index (Phi) is 4.15. The summed E-state index contributed by atoms with van der Waals surface area (Å²) in [4.78, 5) is 12.7. The smallest absolute Gasteiger partial charge is 0.206 e. The number of terminal acetylenes is 2. The molecule has 0 aromatic rings. The lowest BCUT2D eigenvalue weighted by Crippen LogP contribution is -2.62. The van der Waals surface area contributed by atoms with Crippen LogP contribution in [0.15, 0.2) is 0 Å². The van der Waals surface area contributed by atoms with Crippen LogP contribution in [0.1, 0.15) is 52.4 Å². The van der Waals surface area contributed by atoms with Gasteiger partial charge in [0.05, 0.1) is 6.10 Å². The molecule has 0 spiro atoms. The summed E-state index contributed by atoms with van der Waals surface area (Å²) in [6.07, 6.45) is 12.4. The van der Waals surface area contributed by atoms with Gasteiger partial charge in [0.25, 0.3) is 0 Å². The van der Waals surface area contributed by atoms with Gasteiger partial charge in [-0.05, 0) is 61.7 Å². The maximum Gasteiger partial charge on any atom is 0.206 e. The van der Waals surface area contributed by atoms with Crippen molar-refractivity contribution in [3.8, 4) is 24.7 Å². The van der Waals surface area contributed by atoms with Gasteiger partial charge < -0.3 is 20.4 Å². The summed E-state index contributed by atoms with van der Waals surface area (Å²) in [6.45, 7) is 3.97. The van der Waals surface area contributed by atoms with E-state index < -0.39 is 40.5 Å². The molecule has 4 saturated carbocycles. The molecular formula is C23H30O5. The Bertz CT molecular complexity index is 794. The molecule has 10 atom stereocenters. The Morgan fingerprint density at radius 2 is 1.75 bits per heavy atom. The third-order valence-electron chi connectivity index (χ3n) is 9.27. The first-order chi connectivity index (χ1) is 13.0. The Labute approximate surface area is 166 Å². The second-order valence-electron chi connectivity index (χ2n) is 10.2. The van der Waals surface area contributed by atoms with Crippen LogP contribution in [0.4, 0.5) is 0 Å². The number of Topliss-reactive ketones (excluding diaryl/α,β-unsaturated/α-hetero) is 1. The molecule has 152 valence electrons. The van der Waals surface area contributed by atoms with Gasteiger partial charge in [0, 0.05) is 11.3 Å². The summed E-state index contributed by atoms with van der Waals surface area (Å²) < 4.78 is 0. The summed E-state index contributed by atoms with van der Waals surface area (Å²) in [6, 6.07) is 0. The first-order valence-electron chi connectivity index (χ1n) is 10.3. The minimum absolute atomic E-state index is 0.0728. The molecule has 4 aliphatic carbocycles. The number of ketones is 1. The number of carbonyl (C=O) groups excluding carboxylic acids is 1. The van der Waals surface area contributed by atoms with Crippen molar-refractivity contribution in [3.63, 3.8) is 0 Å². The first-order valence-corrected chi connectivity index (χ1v) is 10.3. The molecule has 0 radical (unpaired) electrons. The summed E-state index contributed by atoms with van der Waals surface area (Å²) in [5, 5.41) is 43.5. The third kappa shape index (κ3) is 2.17. The lowest BCUT2D eigenvalue weighted by molar-refractivity contribution is -0.198. The average molecular weight is 386 g/mol. The fraction of sp³-hybridized carbons (Fsp3) is 0.783. The largest absolute Gasteiger partial charge is 0.393 e. The van der Waals surface area contributed by atoms with E-state index in [4.69, 9.17) is 12.8 Å². The summed E-state index contributed by atoms with van der Waals surface area (Å²) in [7, 11) is 0. The molecule has 0 amide bonds. The van der Waals surface area contributed by atoms with Crippen LogP contribution in [-0.2, 0) is 4.79 Å². The fourth-order valence-corrected chi connectivity index (χ4v) is 7.49. The van der Waals surface area contributed by atoms with E-state index in [0.717, 1.165) is 6.42 Å². The van der Waals surface area contributed by atoms with Gasteiger partial charge in [0.2, 0.25) is 5.78 Å². The SMILES string of the molecule is C#C[C@]1(O)CC[C@]2(C)C3CC[C@@]4(C)C(C(O)C(=O)[C@@]4(O)C#C)C3C(O)C[C@@H]2C1. The van der Waals surface area contributed by atoms with Crippen molar-refractivity contribution in [2.24, 2.45) is 34.5 Å². The fourth-order valence-electron chi connectivity index (χ4n) is 7.49. The summed E-state index contributed by atoms with van der Waals surface area (Å²) in [5.41, 5.74) is -4.24. The van der Waals surface area contributed by atoms with Crippen LogP contribution in [0.5, 0.6) is 0 Å². The van der Waals surface area contributed by atoms with E-state index in [-0.39, 0.29) is 23.2 Å². The van der Waals surface area contributed by atoms with Gasteiger partial charge in [0.15, 0.2) is 5.60 Å². The maximum atomic E-state index is 12.7. The molecule has 4 N–H and O–H groups in total. The molecule has 5 nitrogen and oxygen atoms in total. The predicted octanol–water partition coefficient (Wildman–Crippen LogP) is 0.878. The van der Waals surface area contributed by atoms with Gasteiger partial charge in [-0.15, -0.1) is 12.8 Å². The minimum Gasteiger partial charge on any atom is -0.393 e. The van der Waals surface area contributed by atoms with E-state index in [1.807, 2.05) is 0 Å². The van der Waals surface area contributed by atoms with Crippen molar-refractivity contribution in [2.75, 3.05) is 0 Å². The van der Waals surface area contributed by atoms with Crippen LogP contribution < -0.4 is 0 Å². The molecule has 0 heterocycles. The highest BCUT2D eigenvalue weighted by Crippen LogP contribution is 2.68. The Morgan fingerprint density at radius 3 is 2.36 bits per heavy atom. The van der Waals surface area contributed by atoms with Crippen molar-refractivity contribution in [1.29, 1.82) is 0 Å². The van der Waals surface area contributed by atoms with E-state index in [1.54, 1.807) is 6.92 Å². The Balaban J connectivity index is 1.75. The molecule has 5 heteroatoms. The zero-order chi connectivity index (χ0) is 20.7. The van der Waals surface area contributed by atoms with Crippen LogP contribution in [0.25, 0.3) is 0 Å². The average Bonchev–Trinajstić information content (AvgIpc) is 2.82. The van der Waals surface area contributed by atoms with Crippen LogP contribution in [0.2, 0.25) is 0 Å². The van der Waals surface area contributed by atoms with Gasteiger partial charge in [0.1, 0.15) is 11.7 Å². The Hall–Kier alpha value is -1.37. The number of carbonyl (C=O) groups is 1. The zero-order valence-corrected chi connectivity index (χ0v) is 16.6. The van der Waals surface area contributed by atoms with Crippen molar-refractivity contribution in [3.05, 3.63) is 0 Å². The van der Waals surface area contributed by atoms with Crippen LogP contribution >= 0.6 is 0 Å². The van der Waals surface area contributed by atoms with E-state index >= 15 is 0 Å².